The van der Waals surface area contributed by atoms with Crippen molar-refractivity contribution in [2.45, 2.75) is 37.6 Å². The number of hydrogen-bond acceptors (Lipinski definition) is 8. The Kier molecular flexibility index (Phi) is 6.54. The molecule has 0 radical (unpaired) electrons. The fourth-order valence-electron chi connectivity index (χ4n) is 3.37. The van der Waals surface area contributed by atoms with Gasteiger partial charge >= 0.3 is 5.97 Å². The number of carbonyl (C=O) groups excluding carboxylic acids is 1. The van der Waals surface area contributed by atoms with Crippen molar-refractivity contribution in [1.29, 1.82) is 0 Å². The summed E-state index contributed by atoms with van der Waals surface area (Å²) in [5, 5.41) is 4.71. The largest absolute Gasteiger partial charge is 0.456 e. The standard InChI is InChI=1S/C21H22N2O5S3/c1-14-10-23(11-15(2)28-14)31(25,26)18-6-3-5-16(9-18)21(24)27-12-17-13-30-20(22-17)19-7-4-8-29-19/h3-9,13-15H,10-12H2,1-2H3. The van der Waals surface area contributed by atoms with Crippen molar-refractivity contribution >= 4 is 38.7 Å². The predicted octanol–water partition coefficient (Wildman–Crippen LogP) is 4.03. The second kappa shape index (κ2) is 9.17. The molecule has 0 aliphatic carbocycles. The van der Waals surface area contributed by atoms with E-state index >= 15 is 0 Å². The molecule has 0 N–H and O–H groups in total. The van der Waals surface area contributed by atoms with Crippen LogP contribution in [-0.4, -0.2) is 49.0 Å². The molecule has 2 unspecified atom stereocenters. The summed E-state index contributed by atoms with van der Waals surface area (Å²) in [7, 11) is -3.74. The number of carbonyl (C=O) groups is 1. The van der Waals surface area contributed by atoms with Gasteiger partial charge in [0, 0.05) is 18.5 Å². The van der Waals surface area contributed by atoms with Crippen LogP contribution in [0.1, 0.15) is 29.9 Å². The third-order valence-electron chi connectivity index (χ3n) is 4.73. The molecule has 2 atom stereocenters. The number of hydrogen-bond donors (Lipinski definition) is 0. The first-order chi connectivity index (χ1) is 14.8. The lowest BCUT2D eigenvalue weighted by Crippen LogP contribution is -2.48. The smallest absolute Gasteiger partial charge is 0.338 e. The SMILES string of the molecule is CC1CN(S(=O)(=O)c2cccc(C(=O)OCc3csc(-c4cccs4)n3)c2)CC(C)O1. The van der Waals surface area contributed by atoms with E-state index in [1.54, 1.807) is 23.5 Å². The Labute approximate surface area is 189 Å². The molecule has 1 fully saturated rings. The maximum atomic E-state index is 13.1. The van der Waals surface area contributed by atoms with Crippen molar-refractivity contribution in [3.8, 4) is 9.88 Å². The normalized spacial score (nSPS) is 19.9. The number of esters is 1. The number of thiophene rings is 1. The highest BCUT2D eigenvalue weighted by atomic mass is 32.2. The third-order valence-corrected chi connectivity index (χ3v) is 8.49. The van der Waals surface area contributed by atoms with E-state index in [2.05, 4.69) is 4.98 Å². The molecule has 1 aromatic carbocycles. The van der Waals surface area contributed by atoms with Gasteiger partial charge in [0.15, 0.2) is 0 Å². The van der Waals surface area contributed by atoms with Crippen molar-refractivity contribution in [3.05, 3.63) is 58.4 Å². The summed E-state index contributed by atoms with van der Waals surface area (Å²) in [6.07, 6.45) is -0.382. The van der Waals surface area contributed by atoms with Crippen molar-refractivity contribution in [3.63, 3.8) is 0 Å². The van der Waals surface area contributed by atoms with Gasteiger partial charge in [-0.25, -0.2) is 18.2 Å². The molecule has 3 heterocycles. The monoisotopic (exact) mass is 478 g/mol. The minimum absolute atomic E-state index is 0.0240. The van der Waals surface area contributed by atoms with Crippen molar-refractivity contribution in [2.24, 2.45) is 0 Å². The van der Waals surface area contributed by atoms with Crippen molar-refractivity contribution in [2.75, 3.05) is 13.1 Å². The fourth-order valence-corrected chi connectivity index (χ4v) is 6.62. The summed E-state index contributed by atoms with van der Waals surface area (Å²) in [5.41, 5.74) is 0.839. The maximum Gasteiger partial charge on any atom is 0.338 e. The van der Waals surface area contributed by atoms with Gasteiger partial charge in [-0.15, -0.1) is 22.7 Å². The lowest BCUT2D eigenvalue weighted by Gasteiger charge is -2.34. The van der Waals surface area contributed by atoms with Gasteiger partial charge in [0.1, 0.15) is 11.6 Å². The fraction of sp³-hybridized carbons (Fsp3) is 0.333. The lowest BCUT2D eigenvalue weighted by molar-refractivity contribution is -0.0440. The van der Waals surface area contributed by atoms with Gasteiger partial charge in [-0.3, -0.25) is 0 Å². The highest BCUT2D eigenvalue weighted by Crippen LogP contribution is 2.28. The molecule has 1 saturated heterocycles. The predicted molar refractivity (Wildman–Crippen MR) is 120 cm³/mol. The minimum Gasteiger partial charge on any atom is -0.456 e. The number of rotatable bonds is 6. The number of thiazole rings is 1. The number of morpholine rings is 1. The highest BCUT2D eigenvalue weighted by molar-refractivity contribution is 7.89. The molecule has 4 rings (SSSR count). The number of nitrogens with zero attached hydrogens (tertiary/aromatic N) is 2. The number of ether oxygens (including phenoxy) is 2. The van der Waals surface area contributed by atoms with Gasteiger partial charge in [0.2, 0.25) is 10.0 Å². The Morgan fingerprint density at radius 1 is 1.19 bits per heavy atom. The molecule has 0 bridgehead atoms. The topological polar surface area (TPSA) is 85.8 Å². The van der Waals surface area contributed by atoms with E-state index in [9.17, 15) is 13.2 Å². The van der Waals surface area contributed by atoms with E-state index < -0.39 is 16.0 Å². The first kappa shape index (κ1) is 22.1. The Bertz CT molecular complexity index is 1150. The molecule has 0 saturated carbocycles. The van der Waals surface area contributed by atoms with Crippen LogP contribution in [0.15, 0.2) is 52.1 Å². The van der Waals surface area contributed by atoms with Crippen LogP contribution >= 0.6 is 22.7 Å². The Morgan fingerprint density at radius 3 is 2.68 bits per heavy atom. The Balaban J connectivity index is 1.44. The summed E-state index contributed by atoms with van der Waals surface area (Å²) in [6.45, 7) is 4.26. The van der Waals surface area contributed by atoms with Gasteiger partial charge in [-0.2, -0.15) is 4.31 Å². The van der Waals surface area contributed by atoms with E-state index in [1.807, 2.05) is 36.7 Å². The van der Waals surface area contributed by atoms with E-state index in [0.717, 1.165) is 9.88 Å². The molecular formula is C21H22N2O5S3. The molecule has 7 nitrogen and oxygen atoms in total. The zero-order valence-electron chi connectivity index (χ0n) is 17.1. The highest BCUT2D eigenvalue weighted by Gasteiger charge is 2.32. The lowest BCUT2D eigenvalue weighted by atomic mass is 10.2. The average molecular weight is 479 g/mol. The third kappa shape index (κ3) is 5.04. The first-order valence-electron chi connectivity index (χ1n) is 9.74. The molecule has 31 heavy (non-hydrogen) atoms. The zero-order chi connectivity index (χ0) is 22.0. The molecule has 0 amide bonds. The van der Waals surface area contributed by atoms with E-state index in [-0.39, 0.29) is 42.4 Å². The van der Waals surface area contributed by atoms with Crippen LogP contribution in [0, 0.1) is 0 Å². The van der Waals surface area contributed by atoms with E-state index in [1.165, 1.54) is 27.8 Å². The van der Waals surface area contributed by atoms with Crippen LogP contribution < -0.4 is 0 Å². The summed E-state index contributed by atoms with van der Waals surface area (Å²) in [6, 6.07) is 9.89. The molecule has 3 aromatic rings. The maximum absolute atomic E-state index is 13.1. The van der Waals surface area contributed by atoms with E-state index in [4.69, 9.17) is 9.47 Å². The first-order valence-corrected chi connectivity index (χ1v) is 12.9. The van der Waals surface area contributed by atoms with Gasteiger partial charge in [0.25, 0.3) is 0 Å². The van der Waals surface area contributed by atoms with Gasteiger partial charge < -0.3 is 9.47 Å². The molecule has 0 spiro atoms. The van der Waals surface area contributed by atoms with Gasteiger partial charge in [-0.05, 0) is 43.5 Å². The van der Waals surface area contributed by atoms with Gasteiger partial charge in [-0.1, -0.05) is 12.1 Å². The number of benzene rings is 1. The van der Waals surface area contributed by atoms with Crippen molar-refractivity contribution < 1.29 is 22.7 Å². The van der Waals surface area contributed by atoms with E-state index in [0.29, 0.717) is 5.69 Å². The summed E-state index contributed by atoms with van der Waals surface area (Å²) < 4.78 is 38.5. The van der Waals surface area contributed by atoms with Crippen LogP contribution in [0.25, 0.3) is 9.88 Å². The molecule has 1 aliphatic heterocycles. The van der Waals surface area contributed by atoms with Crippen LogP contribution in [0.5, 0.6) is 0 Å². The second-order valence-corrected chi connectivity index (χ2v) is 11.0. The molecular weight excluding hydrogens is 456 g/mol. The second-order valence-electron chi connectivity index (χ2n) is 7.30. The summed E-state index contributed by atoms with van der Waals surface area (Å²) in [4.78, 5) is 18.2. The summed E-state index contributed by atoms with van der Waals surface area (Å²) >= 11 is 3.09. The number of sulfonamides is 1. The Morgan fingerprint density at radius 2 is 1.97 bits per heavy atom. The molecule has 164 valence electrons. The minimum atomic E-state index is -3.74. The molecule has 2 aromatic heterocycles. The average Bonchev–Trinajstić information content (AvgIpc) is 3.43. The summed E-state index contributed by atoms with van der Waals surface area (Å²) in [5.74, 6) is -0.591. The molecule has 1 aliphatic rings. The van der Waals surface area contributed by atoms with Crippen LogP contribution in [0.3, 0.4) is 0 Å². The molecule has 10 heteroatoms. The Hall–Kier alpha value is -2.11. The van der Waals surface area contributed by atoms with Crippen LogP contribution in [-0.2, 0) is 26.1 Å². The quantitative estimate of drug-likeness (QED) is 0.498. The van der Waals surface area contributed by atoms with Gasteiger partial charge in [0.05, 0.1) is 33.2 Å². The van der Waals surface area contributed by atoms with Crippen molar-refractivity contribution in [1.82, 2.24) is 9.29 Å². The number of aromatic nitrogens is 1. The van der Waals surface area contributed by atoms with Crippen LogP contribution in [0.4, 0.5) is 0 Å². The van der Waals surface area contributed by atoms with Crippen LogP contribution in [0.2, 0.25) is 0 Å². The zero-order valence-corrected chi connectivity index (χ0v) is 19.5.